The second-order valence-electron chi connectivity index (χ2n) is 8.53. The predicted molar refractivity (Wildman–Crippen MR) is 138 cm³/mol. The number of hydrogen-bond donors (Lipinski definition) is 3. The van der Waals surface area contributed by atoms with Crippen LogP contribution in [0.1, 0.15) is 45.2 Å². The zero-order valence-corrected chi connectivity index (χ0v) is 21.2. The summed E-state index contributed by atoms with van der Waals surface area (Å²) in [5.74, 6) is -0.379. The normalized spacial score (nSPS) is 12.1. The summed E-state index contributed by atoms with van der Waals surface area (Å²) in [4.78, 5) is 32.4. The average Bonchev–Trinajstić information content (AvgIpc) is 3.33. The van der Waals surface area contributed by atoms with Crippen LogP contribution < -0.4 is 10.6 Å². The van der Waals surface area contributed by atoms with Gasteiger partial charge in [-0.1, -0.05) is 30.3 Å². The van der Waals surface area contributed by atoms with Crippen LogP contribution in [-0.4, -0.2) is 27.1 Å². The van der Waals surface area contributed by atoms with Crippen molar-refractivity contribution in [2.24, 2.45) is 0 Å². The van der Waals surface area contributed by atoms with E-state index in [0.717, 1.165) is 34.0 Å². The number of halogens is 3. The first kappa shape index (κ1) is 26.8. The number of aromatic nitrogens is 2. The maximum Gasteiger partial charge on any atom is 0.416 e. The molecule has 1 atom stereocenters. The summed E-state index contributed by atoms with van der Waals surface area (Å²) in [6.07, 6.45) is -4.28. The minimum atomic E-state index is -4.55. The fourth-order valence-electron chi connectivity index (χ4n) is 3.86. The average molecular weight is 541 g/mol. The summed E-state index contributed by atoms with van der Waals surface area (Å²) in [7, 11) is 0. The second-order valence-corrected chi connectivity index (χ2v) is 9.59. The molecule has 11 heteroatoms. The molecule has 0 saturated heterocycles. The van der Waals surface area contributed by atoms with Crippen molar-refractivity contribution in [1.29, 1.82) is 0 Å². The molecule has 2 amide bonds. The van der Waals surface area contributed by atoms with Crippen LogP contribution in [0.2, 0.25) is 0 Å². The molecule has 38 heavy (non-hydrogen) atoms. The quantitative estimate of drug-likeness (QED) is 0.250. The summed E-state index contributed by atoms with van der Waals surface area (Å²) in [5, 5.41) is 16.8. The maximum absolute atomic E-state index is 13.3. The molecule has 0 bridgehead atoms. The topological polar surface area (TPSA) is 104 Å². The fourth-order valence-corrected chi connectivity index (χ4v) is 4.48. The Hall–Kier alpha value is -4.25. The van der Waals surface area contributed by atoms with Gasteiger partial charge in [0.1, 0.15) is 5.69 Å². The van der Waals surface area contributed by atoms with Crippen LogP contribution in [0.25, 0.3) is 22.4 Å². The van der Waals surface area contributed by atoms with Crippen molar-refractivity contribution in [1.82, 2.24) is 20.6 Å². The van der Waals surface area contributed by atoms with Crippen LogP contribution in [-0.2, 0) is 12.7 Å². The van der Waals surface area contributed by atoms with Crippen LogP contribution in [0.3, 0.4) is 0 Å². The molecule has 196 valence electrons. The molecule has 4 aromatic rings. The lowest BCUT2D eigenvalue weighted by Gasteiger charge is -2.17. The number of nitrogens with one attached hydrogen (secondary N) is 2. The number of nitrogens with zero attached hydrogens (tertiary/aromatic N) is 2. The largest absolute Gasteiger partial charge is 0.465 e. The number of amides is 2. The summed E-state index contributed by atoms with van der Waals surface area (Å²) in [6, 6.07) is 12.9. The van der Waals surface area contributed by atoms with Gasteiger partial charge in [0.25, 0.3) is 5.91 Å². The van der Waals surface area contributed by atoms with E-state index in [1.807, 2.05) is 12.3 Å². The van der Waals surface area contributed by atoms with Gasteiger partial charge in [0, 0.05) is 23.7 Å². The van der Waals surface area contributed by atoms with Gasteiger partial charge in [-0.15, -0.1) is 11.3 Å². The van der Waals surface area contributed by atoms with E-state index in [4.69, 9.17) is 5.11 Å². The number of carbonyl (C=O) groups excluding carboxylic acids is 1. The predicted octanol–water partition coefficient (Wildman–Crippen LogP) is 6.46. The molecule has 4 rings (SSSR count). The first-order chi connectivity index (χ1) is 18.0. The number of rotatable bonds is 7. The third-order valence-corrected chi connectivity index (χ3v) is 6.62. The van der Waals surface area contributed by atoms with Crippen molar-refractivity contribution in [3.05, 3.63) is 93.6 Å². The Bertz CT molecular complexity index is 1470. The van der Waals surface area contributed by atoms with E-state index < -0.39 is 23.9 Å². The molecule has 0 aliphatic rings. The smallest absolute Gasteiger partial charge is 0.416 e. The first-order valence-electron chi connectivity index (χ1n) is 11.5. The minimum absolute atomic E-state index is 0.149. The molecule has 3 N–H and O–H groups in total. The first-order valence-corrected chi connectivity index (χ1v) is 12.4. The third-order valence-electron chi connectivity index (χ3n) is 5.84. The molecular weight excluding hydrogens is 517 g/mol. The Morgan fingerprint density at radius 3 is 2.42 bits per heavy atom. The molecular formula is C27H23F3N4O3S. The molecule has 0 saturated carbocycles. The van der Waals surface area contributed by atoms with Gasteiger partial charge in [-0.2, -0.15) is 13.2 Å². The Labute approximate surface area is 220 Å². The maximum atomic E-state index is 13.3. The zero-order chi connectivity index (χ0) is 27.4. The fraction of sp³-hybridized carbons (Fsp3) is 0.185. The summed E-state index contributed by atoms with van der Waals surface area (Å²) in [6.45, 7) is 3.54. The van der Waals surface area contributed by atoms with E-state index in [-0.39, 0.29) is 23.7 Å². The van der Waals surface area contributed by atoms with Crippen LogP contribution in [0.15, 0.2) is 66.2 Å². The molecule has 2 heterocycles. The van der Waals surface area contributed by atoms with Gasteiger partial charge in [0.15, 0.2) is 0 Å². The van der Waals surface area contributed by atoms with Crippen LogP contribution in [0, 0.1) is 6.92 Å². The number of aryl methyl sites for hydroxylation is 1. The van der Waals surface area contributed by atoms with E-state index in [0.29, 0.717) is 11.1 Å². The Morgan fingerprint density at radius 2 is 1.79 bits per heavy atom. The van der Waals surface area contributed by atoms with Crippen molar-refractivity contribution < 1.29 is 27.9 Å². The van der Waals surface area contributed by atoms with Gasteiger partial charge in [-0.05, 0) is 60.4 Å². The highest BCUT2D eigenvalue weighted by atomic mass is 32.1. The van der Waals surface area contributed by atoms with Crippen molar-refractivity contribution >= 4 is 23.3 Å². The number of carboxylic acid groups (broad SMARTS) is 1. The van der Waals surface area contributed by atoms with Crippen molar-refractivity contribution in [3.63, 3.8) is 0 Å². The lowest BCUT2D eigenvalue weighted by molar-refractivity contribution is -0.137. The van der Waals surface area contributed by atoms with Crippen molar-refractivity contribution in [2.45, 2.75) is 32.6 Å². The Morgan fingerprint density at radius 1 is 1.05 bits per heavy atom. The molecule has 0 fully saturated rings. The summed E-state index contributed by atoms with van der Waals surface area (Å²) < 4.78 is 40.0. The SMILES string of the molecule is Cc1nc(-c2ccnc(C(=O)N[C@H](C)c3ccc(-c4cc(C(F)(F)F)ccc4CNC(=O)O)cc3)c2)cs1. The molecule has 0 aliphatic heterocycles. The minimum Gasteiger partial charge on any atom is -0.465 e. The van der Waals surface area contributed by atoms with Crippen molar-refractivity contribution in [2.75, 3.05) is 0 Å². The molecule has 0 spiro atoms. The number of pyridine rings is 1. The Kier molecular flexibility index (Phi) is 7.77. The summed E-state index contributed by atoms with van der Waals surface area (Å²) in [5.41, 5.74) is 2.81. The standard InChI is InChI=1S/C27H23F3N4O3S/c1-15(33-25(35)23-11-19(9-10-31-23)24-14-38-16(2)34-24)17-3-5-18(6-4-17)22-12-21(27(28,29)30)8-7-20(22)13-32-26(36)37/h3-12,14-15,32H,13H2,1-2H3,(H,33,35)(H,36,37)/t15-/m1/s1. The highest BCUT2D eigenvalue weighted by Gasteiger charge is 2.31. The lowest BCUT2D eigenvalue weighted by Crippen LogP contribution is -2.27. The molecule has 2 aromatic carbocycles. The van der Waals surface area contributed by atoms with E-state index in [1.165, 1.54) is 17.4 Å². The van der Waals surface area contributed by atoms with Crippen LogP contribution in [0.5, 0.6) is 0 Å². The van der Waals surface area contributed by atoms with E-state index in [1.54, 1.807) is 49.5 Å². The lowest BCUT2D eigenvalue weighted by atomic mass is 9.95. The molecule has 0 unspecified atom stereocenters. The van der Waals surface area contributed by atoms with E-state index in [9.17, 15) is 22.8 Å². The van der Waals surface area contributed by atoms with Gasteiger partial charge in [-0.3, -0.25) is 9.78 Å². The van der Waals surface area contributed by atoms with Gasteiger partial charge in [0.05, 0.1) is 22.3 Å². The summed E-state index contributed by atoms with van der Waals surface area (Å²) >= 11 is 1.51. The molecule has 7 nitrogen and oxygen atoms in total. The number of carbonyl (C=O) groups is 2. The highest BCUT2D eigenvalue weighted by molar-refractivity contribution is 7.09. The molecule has 0 aliphatic carbocycles. The Balaban J connectivity index is 1.53. The van der Waals surface area contributed by atoms with Gasteiger partial charge in [0.2, 0.25) is 0 Å². The van der Waals surface area contributed by atoms with Gasteiger partial charge < -0.3 is 15.7 Å². The monoisotopic (exact) mass is 540 g/mol. The van der Waals surface area contributed by atoms with Crippen LogP contribution in [0.4, 0.5) is 18.0 Å². The highest BCUT2D eigenvalue weighted by Crippen LogP contribution is 2.34. The zero-order valence-electron chi connectivity index (χ0n) is 20.3. The van der Waals surface area contributed by atoms with E-state index >= 15 is 0 Å². The van der Waals surface area contributed by atoms with Gasteiger partial charge in [-0.25, -0.2) is 9.78 Å². The van der Waals surface area contributed by atoms with E-state index in [2.05, 4.69) is 20.6 Å². The number of hydrogen-bond acceptors (Lipinski definition) is 5. The van der Waals surface area contributed by atoms with Gasteiger partial charge >= 0.3 is 12.3 Å². The van der Waals surface area contributed by atoms with Crippen molar-refractivity contribution in [3.8, 4) is 22.4 Å². The molecule has 2 aromatic heterocycles. The second kappa shape index (κ2) is 11.0. The number of thiazole rings is 1. The number of alkyl halides is 3. The third kappa shape index (κ3) is 6.35. The molecule has 0 radical (unpaired) electrons. The number of benzene rings is 2. The van der Waals surface area contributed by atoms with Crippen LogP contribution >= 0.6 is 11.3 Å².